The normalized spacial score (nSPS) is 10.9. The molecule has 4 rings (SSSR count). The van der Waals surface area contributed by atoms with Crippen molar-refractivity contribution in [3.8, 4) is 28.1 Å². The zero-order valence-corrected chi connectivity index (χ0v) is 16.2. The highest BCUT2D eigenvalue weighted by Gasteiger charge is 2.05. The first-order valence-corrected chi connectivity index (χ1v) is 9.75. The van der Waals surface area contributed by atoms with Gasteiger partial charge >= 0.3 is 0 Å². The quantitative estimate of drug-likeness (QED) is 0.330. The summed E-state index contributed by atoms with van der Waals surface area (Å²) in [5, 5.41) is 7.17. The Hall–Kier alpha value is -3.44. The van der Waals surface area contributed by atoms with Crippen LogP contribution < -0.4 is 10.2 Å². The van der Waals surface area contributed by atoms with Crippen LogP contribution in [0.3, 0.4) is 0 Å². The summed E-state index contributed by atoms with van der Waals surface area (Å²) >= 11 is 1.53. The zero-order valence-electron chi connectivity index (χ0n) is 15.4. The number of hydrogen-bond donors (Lipinski definition) is 1. The summed E-state index contributed by atoms with van der Waals surface area (Å²) in [6.45, 7) is 0. The molecule has 0 amide bonds. The van der Waals surface area contributed by atoms with Gasteiger partial charge in [0, 0.05) is 16.5 Å². The standard InChI is InChI=1S/C23H19N3OS/c1-27-20-12-7-11-18(14-20)21-13-6-5-10-19(21)15-24-26-23-25-22(16-28-23)17-8-3-2-4-9-17/h2-16H,1H3,(H,25,26). The van der Waals surface area contributed by atoms with Crippen LogP contribution in [0.5, 0.6) is 5.75 Å². The van der Waals surface area contributed by atoms with E-state index >= 15 is 0 Å². The third-order valence-corrected chi connectivity index (χ3v) is 5.03. The lowest BCUT2D eigenvalue weighted by Crippen LogP contribution is -1.93. The fraction of sp³-hybridized carbons (Fsp3) is 0.0435. The van der Waals surface area contributed by atoms with Gasteiger partial charge in [0.1, 0.15) is 5.75 Å². The predicted molar refractivity (Wildman–Crippen MR) is 117 cm³/mol. The molecule has 0 aliphatic carbocycles. The minimum absolute atomic E-state index is 0.758. The highest BCUT2D eigenvalue weighted by atomic mass is 32.1. The number of ether oxygens (including phenoxy) is 1. The highest BCUT2D eigenvalue weighted by Crippen LogP contribution is 2.27. The van der Waals surface area contributed by atoms with E-state index in [1.807, 2.05) is 78.3 Å². The molecular formula is C23H19N3OS. The van der Waals surface area contributed by atoms with E-state index in [0.29, 0.717) is 0 Å². The molecule has 0 saturated heterocycles. The van der Waals surface area contributed by atoms with E-state index < -0.39 is 0 Å². The number of anilines is 1. The number of hydrogen-bond acceptors (Lipinski definition) is 5. The van der Waals surface area contributed by atoms with Crippen LogP contribution in [-0.4, -0.2) is 18.3 Å². The molecule has 0 aliphatic rings. The fourth-order valence-corrected chi connectivity index (χ4v) is 3.56. The van der Waals surface area contributed by atoms with Gasteiger partial charge in [-0.2, -0.15) is 5.10 Å². The van der Waals surface area contributed by atoms with Crippen LogP contribution in [0.15, 0.2) is 89.3 Å². The van der Waals surface area contributed by atoms with Gasteiger partial charge in [-0.3, -0.25) is 5.43 Å². The van der Waals surface area contributed by atoms with Gasteiger partial charge in [0.25, 0.3) is 0 Å². The molecule has 1 heterocycles. The van der Waals surface area contributed by atoms with Crippen LogP contribution in [0, 0.1) is 0 Å². The Morgan fingerprint density at radius 3 is 2.57 bits per heavy atom. The second-order valence-electron chi connectivity index (χ2n) is 6.09. The molecule has 0 aliphatic heterocycles. The van der Waals surface area contributed by atoms with Gasteiger partial charge in [0.2, 0.25) is 5.13 Å². The molecular weight excluding hydrogens is 366 g/mol. The zero-order chi connectivity index (χ0) is 19.2. The van der Waals surface area contributed by atoms with Crippen molar-refractivity contribution in [3.63, 3.8) is 0 Å². The Morgan fingerprint density at radius 2 is 1.71 bits per heavy atom. The summed E-state index contributed by atoms with van der Waals surface area (Å²) in [6, 6.07) is 26.3. The molecule has 1 aromatic heterocycles. The number of thiazole rings is 1. The Kier molecular flexibility index (Phi) is 5.45. The van der Waals surface area contributed by atoms with E-state index in [2.05, 4.69) is 27.6 Å². The summed E-state index contributed by atoms with van der Waals surface area (Å²) in [5.74, 6) is 0.832. The van der Waals surface area contributed by atoms with Crippen LogP contribution in [0.25, 0.3) is 22.4 Å². The van der Waals surface area contributed by atoms with E-state index in [0.717, 1.165) is 38.8 Å². The maximum absolute atomic E-state index is 5.34. The average molecular weight is 385 g/mol. The number of methoxy groups -OCH3 is 1. The smallest absolute Gasteiger partial charge is 0.203 e. The summed E-state index contributed by atoms with van der Waals surface area (Å²) in [4.78, 5) is 4.59. The molecule has 4 aromatic rings. The van der Waals surface area contributed by atoms with Crippen LogP contribution in [0.2, 0.25) is 0 Å². The Balaban J connectivity index is 1.52. The molecule has 0 spiro atoms. The van der Waals surface area contributed by atoms with Gasteiger partial charge in [0.15, 0.2) is 0 Å². The second kappa shape index (κ2) is 8.50. The van der Waals surface area contributed by atoms with Gasteiger partial charge in [-0.05, 0) is 23.3 Å². The third kappa shape index (κ3) is 4.10. The number of rotatable bonds is 6. The second-order valence-corrected chi connectivity index (χ2v) is 6.95. The van der Waals surface area contributed by atoms with Gasteiger partial charge < -0.3 is 4.74 Å². The van der Waals surface area contributed by atoms with Crippen molar-refractivity contribution < 1.29 is 4.74 Å². The van der Waals surface area contributed by atoms with Crippen LogP contribution >= 0.6 is 11.3 Å². The SMILES string of the molecule is COc1cccc(-c2ccccc2C=NNc2nc(-c3ccccc3)cs2)c1. The molecule has 0 atom stereocenters. The summed E-state index contributed by atoms with van der Waals surface area (Å²) in [6.07, 6.45) is 1.82. The first kappa shape index (κ1) is 17.9. The monoisotopic (exact) mass is 385 g/mol. The number of aromatic nitrogens is 1. The van der Waals surface area contributed by atoms with Crippen molar-refractivity contribution >= 4 is 22.7 Å². The minimum Gasteiger partial charge on any atom is -0.497 e. The summed E-state index contributed by atoms with van der Waals surface area (Å²) in [5.41, 5.74) is 8.27. The first-order chi connectivity index (χ1) is 13.8. The average Bonchev–Trinajstić information content (AvgIpc) is 3.24. The first-order valence-electron chi connectivity index (χ1n) is 8.87. The van der Waals surface area contributed by atoms with Crippen molar-refractivity contribution in [2.75, 3.05) is 12.5 Å². The predicted octanol–water partition coefficient (Wildman–Crippen LogP) is 5.93. The molecule has 4 nitrogen and oxygen atoms in total. The van der Waals surface area contributed by atoms with Gasteiger partial charge in [-0.25, -0.2) is 4.98 Å². The summed E-state index contributed by atoms with van der Waals surface area (Å²) in [7, 11) is 1.67. The van der Waals surface area contributed by atoms with Crippen molar-refractivity contribution in [2.45, 2.75) is 0 Å². The van der Waals surface area contributed by atoms with Crippen molar-refractivity contribution in [1.29, 1.82) is 0 Å². The lowest BCUT2D eigenvalue weighted by molar-refractivity contribution is 0.415. The van der Waals surface area contributed by atoms with Crippen LogP contribution in [-0.2, 0) is 0 Å². The maximum Gasteiger partial charge on any atom is 0.203 e. The number of hydrazone groups is 1. The molecule has 138 valence electrons. The van der Waals surface area contributed by atoms with Gasteiger partial charge in [-0.15, -0.1) is 11.3 Å². The molecule has 3 aromatic carbocycles. The van der Waals surface area contributed by atoms with Crippen molar-refractivity contribution in [2.24, 2.45) is 5.10 Å². The molecule has 0 radical (unpaired) electrons. The van der Waals surface area contributed by atoms with E-state index in [-0.39, 0.29) is 0 Å². The Labute approximate surface area is 168 Å². The van der Waals surface area contributed by atoms with E-state index in [4.69, 9.17) is 4.74 Å². The van der Waals surface area contributed by atoms with E-state index in [1.54, 1.807) is 7.11 Å². The third-order valence-electron chi connectivity index (χ3n) is 4.28. The minimum atomic E-state index is 0.758. The maximum atomic E-state index is 5.34. The molecule has 0 fully saturated rings. The van der Waals surface area contributed by atoms with Gasteiger partial charge in [0.05, 0.1) is 19.0 Å². The van der Waals surface area contributed by atoms with E-state index in [1.165, 1.54) is 11.3 Å². The molecule has 0 unspecified atom stereocenters. The Morgan fingerprint density at radius 1 is 0.929 bits per heavy atom. The number of benzene rings is 3. The summed E-state index contributed by atoms with van der Waals surface area (Å²) < 4.78 is 5.34. The van der Waals surface area contributed by atoms with Crippen molar-refractivity contribution in [3.05, 3.63) is 89.8 Å². The molecule has 1 N–H and O–H groups in total. The fourth-order valence-electron chi connectivity index (χ4n) is 2.89. The lowest BCUT2D eigenvalue weighted by atomic mass is 10.0. The highest BCUT2D eigenvalue weighted by molar-refractivity contribution is 7.14. The Bertz CT molecular complexity index is 1090. The number of nitrogens with zero attached hydrogens (tertiary/aromatic N) is 2. The molecule has 5 heteroatoms. The molecule has 28 heavy (non-hydrogen) atoms. The van der Waals surface area contributed by atoms with Crippen LogP contribution in [0.1, 0.15) is 5.56 Å². The number of nitrogens with one attached hydrogen (secondary N) is 1. The van der Waals surface area contributed by atoms with Gasteiger partial charge in [-0.1, -0.05) is 66.7 Å². The molecule has 0 saturated carbocycles. The van der Waals surface area contributed by atoms with Crippen molar-refractivity contribution in [1.82, 2.24) is 4.98 Å². The van der Waals surface area contributed by atoms with E-state index in [9.17, 15) is 0 Å². The molecule has 0 bridgehead atoms. The lowest BCUT2D eigenvalue weighted by Gasteiger charge is -2.07. The largest absolute Gasteiger partial charge is 0.497 e. The van der Waals surface area contributed by atoms with Crippen LogP contribution in [0.4, 0.5) is 5.13 Å². The topological polar surface area (TPSA) is 46.5 Å².